The minimum absolute atomic E-state index is 0.0442. The highest BCUT2D eigenvalue weighted by Crippen LogP contribution is 2.28. The summed E-state index contributed by atoms with van der Waals surface area (Å²) in [4.78, 5) is 29.8. The highest BCUT2D eigenvalue weighted by molar-refractivity contribution is 6.31. The minimum atomic E-state index is -0.980. The third-order valence-electron chi connectivity index (χ3n) is 6.40. The molecule has 0 N–H and O–H groups in total. The summed E-state index contributed by atoms with van der Waals surface area (Å²) < 4.78 is 27.9. The van der Waals surface area contributed by atoms with Gasteiger partial charge in [0.1, 0.15) is 23.7 Å². The van der Waals surface area contributed by atoms with Crippen LogP contribution in [0, 0.1) is 6.92 Å². The molecule has 2 aliphatic heterocycles. The Labute approximate surface area is 215 Å². The Morgan fingerprint density at radius 1 is 1.11 bits per heavy atom. The summed E-state index contributed by atoms with van der Waals surface area (Å²) in [5.74, 6) is 1.47. The molecule has 2 aromatic rings. The monoisotopic (exact) mass is 521 g/mol. The molecule has 2 aliphatic rings. The molecule has 0 saturated carbocycles. The van der Waals surface area contributed by atoms with Crippen molar-refractivity contribution in [2.75, 3.05) is 59.7 Å². The first-order valence-corrected chi connectivity index (χ1v) is 12.4. The standard InChI is InChI=1S/C25H32ClN3O7/c1-18-13-19(3-5-21(18)26)34-17-25(15-24(31)28-7-10-33-11-8-28)16-29(9-12-35-25)23(30)6-4-20-14-22(32-2)27-36-20/h3,5,13-14H,4,6-12,15-17H2,1-2H3/t25-/m1/s1. The van der Waals surface area contributed by atoms with Gasteiger partial charge in [0.25, 0.3) is 5.88 Å². The average Bonchev–Trinajstić information content (AvgIpc) is 3.37. The number of methoxy groups -OCH3 is 1. The van der Waals surface area contributed by atoms with Crippen LogP contribution in [0.2, 0.25) is 5.02 Å². The molecule has 0 radical (unpaired) electrons. The molecule has 0 aliphatic carbocycles. The molecule has 10 nitrogen and oxygen atoms in total. The Morgan fingerprint density at radius 3 is 2.61 bits per heavy atom. The van der Waals surface area contributed by atoms with Gasteiger partial charge in [0.2, 0.25) is 11.8 Å². The number of ether oxygens (including phenoxy) is 4. The van der Waals surface area contributed by atoms with E-state index in [1.54, 1.807) is 28.0 Å². The number of nitrogens with zero attached hydrogens (tertiary/aromatic N) is 3. The summed E-state index contributed by atoms with van der Waals surface area (Å²) in [6.07, 6.45) is 0.735. The molecule has 0 unspecified atom stereocenters. The van der Waals surface area contributed by atoms with Crippen molar-refractivity contribution in [2.24, 2.45) is 0 Å². The van der Waals surface area contributed by atoms with Gasteiger partial charge in [0.15, 0.2) is 0 Å². The zero-order chi connectivity index (χ0) is 25.5. The van der Waals surface area contributed by atoms with Crippen LogP contribution < -0.4 is 9.47 Å². The van der Waals surface area contributed by atoms with Crippen LogP contribution in [0.3, 0.4) is 0 Å². The van der Waals surface area contributed by atoms with Gasteiger partial charge < -0.3 is 33.3 Å². The second-order valence-corrected chi connectivity index (χ2v) is 9.46. The molecule has 0 bridgehead atoms. The Bertz CT molecular complexity index is 1060. The van der Waals surface area contributed by atoms with Crippen LogP contribution in [0.4, 0.5) is 0 Å². The van der Waals surface area contributed by atoms with Crippen LogP contribution in [0.15, 0.2) is 28.8 Å². The molecule has 2 fully saturated rings. The number of rotatable bonds is 9. The summed E-state index contributed by atoms with van der Waals surface area (Å²) in [7, 11) is 1.51. The van der Waals surface area contributed by atoms with Crippen LogP contribution in [0.1, 0.15) is 24.2 Å². The smallest absolute Gasteiger partial charge is 0.254 e. The molecule has 36 heavy (non-hydrogen) atoms. The van der Waals surface area contributed by atoms with E-state index < -0.39 is 5.60 Å². The van der Waals surface area contributed by atoms with Gasteiger partial charge in [-0.3, -0.25) is 9.59 Å². The largest absolute Gasteiger partial charge is 0.490 e. The lowest BCUT2D eigenvalue weighted by molar-refractivity contribution is -0.167. The predicted octanol–water partition coefficient (Wildman–Crippen LogP) is 2.50. The van der Waals surface area contributed by atoms with E-state index in [9.17, 15) is 9.59 Å². The quantitative estimate of drug-likeness (QED) is 0.496. The third kappa shape index (κ3) is 6.68. The number of aromatic nitrogens is 1. The first-order valence-electron chi connectivity index (χ1n) is 12.0. The maximum atomic E-state index is 13.2. The minimum Gasteiger partial charge on any atom is -0.490 e. The number of benzene rings is 1. The Hall–Kier alpha value is -2.82. The Balaban J connectivity index is 1.45. The number of amides is 2. The SMILES string of the molecule is COc1cc(CCC(=O)N2CCO[C@](COc3ccc(Cl)c(C)c3)(CC(=O)N3CCOCC3)C2)on1. The molecular weight excluding hydrogens is 490 g/mol. The van der Waals surface area contributed by atoms with E-state index in [1.807, 2.05) is 13.0 Å². The van der Waals surface area contributed by atoms with Crippen molar-refractivity contribution >= 4 is 23.4 Å². The summed E-state index contributed by atoms with van der Waals surface area (Å²) >= 11 is 6.15. The second kappa shape index (κ2) is 11.9. The Morgan fingerprint density at radius 2 is 1.89 bits per heavy atom. The first kappa shape index (κ1) is 26.2. The Kier molecular flexibility index (Phi) is 8.71. The lowest BCUT2D eigenvalue weighted by atomic mass is 9.96. The van der Waals surface area contributed by atoms with Gasteiger partial charge in [-0.2, -0.15) is 0 Å². The summed E-state index contributed by atoms with van der Waals surface area (Å²) in [6.45, 7) is 5.10. The van der Waals surface area contributed by atoms with Crippen molar-refractivity contribution in [3.05, 3.63) is 40.6 Å². The van der Waals surface area contributed by atoms with Crippen LogP contribution in [-0.4, -0.2) is 92.1 Å². The van der Waals surface area contributed by atoms with Crippen LogP contribution >= 0.6 is 11.6 Å². The van der Waals surface area contributed by atoms with E-state index in [0.29, 0.717) is 68.3 Å². The molecule has 4 rings (SSSR count). The molecule has 0 spiro atoms. The molecule has 11 heteroatoms. The van der Waals surface area contributed by atoms with Crippen molar-refractivity contribution in [3.63, 3.8) is 0 Å². The van der Waals surface area contributed by atoms with E-state index in [0.717, 1.165) is 5.56 Å². The molecule has 1 aromatic carbocycles. The van der Waals surface area contributed by atoms with Crippen molar-refractivity contribution in [2.45, 2.75) is 31.8 Å². The number of morpholine rings is 2. The maximum absolute atomic E-state index is 13.2. The second-order valence-electron chi connectivity index (χ2n) is 9.05. The van der Waals surface area contributed by atoms with E-state index >= 15 is 0 Å². The molecular formula is C25H32ClN3O7. The molecule has 3 heterocycles. The fourth-order valence-corrected chi connectivity index (χ4v) is 4.44. The fraction of sp³-hybridized carbons (Fsp3) is 0.560. The van der Waals surface area contributed by atoms with E-state index in [2.05, 4.69) is 5.16 Å². The van der Waals surface area contributed by atoms with E-state index in [4.69, 9.17) is 35.1 Å². The lowest BCUT2D eigenvalue weighted by Crippen LogP contribution is -2.58. The normalized spacial score (nSPS) is 20.3. The fourth-order valence-electron chi connectivity index (χ4n) is 4.32. The summed E-state index contributed by atoms with van der Waals surface area (Å²) in [6, 6.07) is 7.06. The van der Waals surface area contributed by atoms with Crippen molar-refractivity contribution in [1.82, 2.24) is 15.0 Å². The number of carbonyl (C=O) groups is 2. The van der Waals surface area contributed by atoms with Gasteiger partial charge in [-0.05, 0) is 35.8 Å². The lowest BCUT2D eigenvalue weighted by Gasteiger charge is -2.43. The summed E-state index contributed by atoms with van der Waals surface area (Å²) in [5.41, 5.74) is -0.0928. The highest BCUT2D eigenvalue weighted by Gasteiger charge is 2.42. The molecule has 2 amide bonds. The zero-order valence-corrected chi connectivity index (χ0v) is 21.4. The van der Waals surface area contributed by atoms with Crippen molar-refractivity contribution < 1.29 is 33.1 Å². The highest BCUT2D eigenvalue weighted by atomic mass is 35.5. The van der Waals surface area contributed by atoms with Crippen LogP contribution in [0.25, 0.3) is 0 Å². The van der Waals surface area contributed by atoms with E-state index in [1.165, 1.54) is 7.11 Å². The predicted molar refractivity (Wildman–Crippen MR) is 130 cm³/mol. The van der Waals surface area contributed by atoms with Crippen molar-refractivity contribution in [1.29, 1.82) is 0 Å². The average molecular weight is 522 g/mol. The number of aryl methyl sites for hydroxylation is 2. The van der Waals surface area contributed by atoms with Gasteiger partial charge >= 0.3 is 0 Å². The molecule has 1 aromatic heterocycles. The number of carbonyl (C=O) groups excluding carboxylic acids is 2. The third-order valence-corrected chi connectivity index (χ3v) is 6.83. The van der Waals surface area contributed by atoms with Gasteiger partial charge in [0, 0.05) is 43.6 Å². The van der Waals surface area contributed by atoms with Gasteiger partial charge in [-0.15, -0.1) is 0 Å². The van der Waals surface area contributed by atoms with Gasteiger partial charge in [0.05, 0.1) is 39.9 Å². The number of hydrogen-bond acceptors (Lipinski definition) is 8. The van der Waals surface area contributed by atoms with E-state index in [-0.39, 0.29) is 37.8 Å². The number of halogens is 1. The molecule has 196 valence electrons. The van der Waals surface area contributed by atoms with Crippen LogP contribution in [0.5, 0.6) is 11.6 Å². The van der Waals surface area contributed by atoms with Crippen LogP contribution in [-0.2, 0) is 25.5 Å². The number of hydrogen-bond donors (Lipinski definition) is 0. The molecule has 2 saturated heterocycles. The first-order chi connectivity index (χ1) is 17.4. The maximum Gasteiger partial charge on any atom is 0.254 e. The molecule has 1 atom stereocenters. The van der Waals surface area contributed by atoms with Crippen molar-refractivity contribution in [3.8, 4) is 11.6 Å². The zero-order valence-electron chi connectivity index (χ0n) is 20.7. The van der Waals surface area contributed by atoms with Gasteiger partial charge in [-0.1, -0.05) is 11.6 Å². The van der Waals surface area contributed by atoms with Gasteiger partial charge in [-0.25, -0.2) is 0 Å². The topological polar surface area (TPSA) is 104 Å². The summed E-state index contributed by atoms with van der Waals surface area (Å²) in [5, 5.41) is 4.42.